The molecule has 1 N–H and O–H groups in total. The molecule has 0 bridgehead atoms. The van der Waals surface area contributed by atoms with Gasteiger partial charge < -0.3 is 9.84 Å². The zero-order valence-electron chi connectivity index (χ0n) is 17.5. The van der Waals surface area contributed by atoms with E-state index in [1.807, 2.05) is 54.6 Å². The average molecular weight is 443 g/mol. The third-order valence-corrected chi connectivity index (χ3v) is 5.48. The molecule has 4 rings (SSSR count). The number of allylic oxidation sites excluding steroid dienone is 2. The van der Waals surface area contributed by atoms with E-state index in [9.17, 15) is 9.90 Å². The zero-order chi connectivity index (χ0) is 20.9. The summed E-state index contributed by atoms with van der Waals surface area (Å²) in [6, 6.07) is 20.8. The second-order valence-electron chi connectivity index (χ2n) is 7.29. The number of hydrogen-bond acceptors (Lipinski definition) is 3. The number of carbonyl (C=O) groups is 1. The van der Waals surface area contributed by atoms with Crippen molar-refractivity contribution in [3.05, 3.63) is 94.3 Å². The molecule has 153 valence electrons. The predicted molar refractivity (Wildman–Crippen MR) is 124 cm³/mol. The van der Waals surface area contributed by atoms with Gasteiger partial charge in [-0.3, -0.25) is 0 Å². The second kappa shape index (κ2) is 11.0. The molecule has 0 saturated carbocycles. The van der Waals surface area contributed by atoms with Crippen LogP contribution in [-0.2, 0) is 6.61 Å². The maximum Gasteiger partial charge on any atom is 0.354 e. The monoisotopic (exact) mass is 442 g/mol. The largest absolute Gasteiger partial charge is 0.488 e. The van der Waals surface area contributed by atoms with Crippen LogP contribution < -0.4 is 4.74 Å². The van der Waals surface area contributed by atoms with Crippen LogP contribution in [-0.4, -0.2) is 45.6 Å². The van der Waals surface area contributed by atoms with Gasteiger partial charge in [-0.2, -0.15) is 0 Å². The molecule has 1 radical (unpaired) electrons. The Morgan fingerprint density at radius 3 is 2.45 bits per heavy atom. The van der Waals surface area contributed by atoms with Crippen molar-refractivity contribution < 1.29 is 14.6 Å². The molecule has 6 heteroatoms. The maximum atomic E-state index is 11.4. The van der Waals surface area contributed by atoms with Crippen LogP contribution in [0.2, 0.25) is 5.02 Å². The van der Waals surface area contributed by atoms with Gasteiger partial charge in [-0.15, -0.1) is 0 Å². The Balaban J connectivity index is 0.00000272. The van der Waals surface area contributed by atoms with Crippen LogP contribution in [0.25, 0.3) is 11.1 Å². The summed E-state index contributed by atoms with van der Waals surface area (Å²) in [5.41, 5.74) is 5.00. The van der Waals surface area contributed by atoms with E-state index in [0.29, 0.717) is 17.3 Å². The van der Waals surface area contributed by atoms with E-state index in [-0.39, 0.29) is 35.3 Å². The molecule has 0 spiro atoms. The van der Waals surface area contributed by atoms with Crippen LogP contribution in [0.15, 0.2) is 66.7 Å². The van der Waals surface area contributed by atoms with Crippen LogP contribution in [0.1, 0.15) is 53.0 Å². The SMILES string of the molecule is O=C(O)c1cccc(C2=C(c3cc(Cl)ccc3OCc3ccccc3)CCCC2)n1.[Na]. The Kier molecular flexibility index (Phi) is 8.33. The molecule has 0 unspecified atom stereocenters. The summed E-state index contributed by atoms with van der Waals surface area (Å²) in [6.07, 6.45) is 3.81. The molecular weight excluding hydrogens is 421 g/mol. The van der Waals surface area contributed by atoms with Crippen molar-refractivity contribution in [3.63, 3.8) is 0 Å². The first-order valence-electron chi connectivity index (χ1n) is 10.0. The van der Waals surface area contributed by atoms with Crippen molar-refractivity contribution in [3.8, 4) is 5.75 Å². The van der Waals surface area contributed by atoms with Crippen molar-refractivity contribution in [2.75, 3.05) is 0 Å². The minimum absolute atomic E-state index is 0. The van der Waals surface area contributed by atoms with Crippen LogP contribution in [0.5, 0.6) is 5.75 Å². The molecule has 1 aliphatic rings. The number of carboxylic acid groups (broad SMARTS) is 1. The van der Waals surface area contributed by atoms with Gasteiger partial charge in [0.15, 0.2) is 0 Å². The molecule has 0 saturated heterocycles. The van der Waals surface area contributed by atoms with Crippen LogP contribution in [0.3, 0.4) is 0 Å². The fourth-order valence-electron chi connectivity index (χ4n) is 3.81. The van der Waals surface area contributed by atoms with Crippen molar-refractivity contribution in [2.45, 2.75) is 32.3 Å². The van der Waals surface area contributed by atoms with Gasteiger partial charge in [0.2, 0.25) is 0 Å². The fraction of sp³-hybridized carbons (Fsp3) is 0.200. The first-order chi connectivity index (χ1) is 14.6. The number of aromatic carboxylic acids is 1. The third-order valence-electron chi connectivity index (χ3n) is 5.25. The van der Waals surface area contributed by atoms with E-state index in [1.54, 1.807) is 6.07 Å². The van der Waals surface area contributed by atoms with Crippen molar-refractivity contribution in [1.29, 1.82) is 0 Å². The van der Waals surface area contributed by atoms with E-state index in [4.69, 9.17) is 16.3 Å². The van der Waals surface area contributed by atoms with Gasteiger partial charge in [0.25, 0.3) is 0 Å². The maximum absolute atomic E-state index is 11.4. The molecule has 0 atom stereocenters. The summed E-state index contributed by atoms with van der Waals surface area (Å²) in [6.45, 7) is 0.463. The molecule has 3 aromatic rings. The number of benzene rings is 2. The van der Waals surface area contributed by atoms with Gasteiger partial charge in [0.05, 0.1) is 5.69 Å². The molecule has 0 fully saturated rings. The summed E-state index contributed by atoms with van der Waals surface area (Å²) < 4.78 is 6.17. The van der Waals surface area contributed by atoms with E-state index in [0.717, 1.165) is 53.7 Å². The van der Waals surface area contributed by atoms with Gasteiger partial charge >= 0.3 is 5.97 Å². The topological polar surface area (TPSA) is 59.4 Å². The predicted octanol–water partition coefficient (Wildman–Crippen LogP) is 6.12. The Hall–Kier alpha value is -2.11. The van der Waals surface area contributed by atoms with Crippen molar-refractivity contribution in [2.24, 2.45) is 0 Å². The molecule has 2 aromatic carbocycles. The van der Waals surface area contributed by atoms with E-state index >= 15 is 0 Å². The third kappa shape index (κ3) is 5.78. The van der Waals surface area contributed by atoms with Crippen LogP contribution in [0, 0.1) is 0 Å². The van der Waals surface area contributed by atoms with Gasteiger partial charge in [0, 0.05) is 40.1 Å². The van der Waals surface area contributed by atoms with Crippen molar-refractivity contribution in [1.82, 2.24) is 4.98 Å². The zero-order valence-corrected chi connectivity index (χ0v) is 20.2. The molecule has 0 amide bonds. The quantitative estimate of drug-likeness (QED) is 0.467. The first kappa shape index (κ1) is 23.6. The van der Waals surface area contributed by atoms with Gasteiger partial charge in [-0.1, -0.05) is 48.0 Å². The summed E-state index contributed by atoms with van der Waals surface area (Å²) in [5, 5.41) is 9.97. The molecule has 31 heavy (non-hydrogen) atoms. The number of rotatable bonds is 6. The molecule has 0 aliphatic heterocycles. The Morgan fingerprint density at radius 1 is 0.968 bits per heavy atom. The first-order valence-corrected chi connectivity index (χ1v) is 10.4. The minimum Gasteiger partial charge on any atom is -0.488 e. The molecular formula is C25H22ClNNaO3. The summed E-state index contributed by atoms with van der Waals surface area (Å²) in [4.78, 5) is 15.8. The number of aromatic nitrogens is 1. The Labute approximate surface area is 209 Å². The van der Waals surface area contributed by atoms with Crippen LogP contribution in [0.4, 0.5) is 0 Å². The normalized spacial score (nSPS) is 13.5. The van der Waals surface area contributed by atoms with Gasteiger partial charge in [0.1, 0.15) is 18.1 Å². The van der Waals surface area contributed by atoms with Gasteiger partial charge in [-0.25, -0.2) is 9.78 Å². The smallest absolute Gasteiger partial charge is 0.354 e. The number of halogens is 1. The number of carboxylic acids is 1. The second-order valence-corrected chi connectivity index (χ2v) is 7.73. The van der Waals surface area contributed by atoms with E-state index < -0.39 is 5.97 Å². The Morgan fingerprint density at radius 2 is 1.71 bits per heavy atom. The number of nitrogens with zero attached hydrogens (tertiary/aromatic N) is 1. The molecule has 1 aromatic heterocycles. The summed E-state index contributed by atoms with van der Waals surface area (Å²) >= 11 is 6.34. The Bertz CT molecular complexity index is 1100. The average Bonchev–Trinajstić information content (AvgIpc) is 2.79. The van der Waals surface area contributed by atoms with Gasteiger partial charge in [-0.05, 0) is 72.7 Å². The molecule has 4 nitrogen and oxygen atoms in total. The summed E-state index contributed by atoms with van der Waals surface area (Å²) in [7, 11) is 0. The molecule has 1 heterocycles. The van der Waals surface area contributed by atoms with E-state index in [2.05, 4.69) is 4.98 Å². The standard InChI is InChI=1S/C25H22ClNO3.Na/c26-18-13-14-24(30-16-17-7-2-1-3-8-17)21(15-18)19-9-4-5-10-20(19)22-11-6-12-23(27-22)25(28)29;/h1-3,6-8,11-15H,4-5,9-10,16H2,(H,28,29);. The minimum atomic E-state index is -1.02. The summed E-state index contributed by atoms with van der Waals surface area (Å²) in [5.74, 6) is -0.253. The number of ether oxygens (including phenoxy) is 1. The van der Waals surface area contributed by atoms with E-state index in [1.165, 1.54) is 6.07 Å². The number of pyridine rings is 1. The molecule has 1 aliphatic carbocycles. The number of hydrogen-bond donors (Lipinski definition) is 1. The van der Waals surface area contributed by atoms with Crippen molar-refractivity contribution >= 4 is 58.3 Å². The van der Waals surface area contributed by atoms with Crippen LogP contribution >= 0.6 is 11.6 Å². The fourth-order valence-corrected chi connectivity index (χ4v) is 3.98.